The number of hydrogen-bond acceptors (Lipinski definition) is 4. The fourth-order valence-electron chi connectivity index (χ4n) is 1.09. The van der Waals surface area contributed by atoms with E-state index in [9.17, 15) is 9.59 Å². The third-order valence-corrected chi connectivity index (χ3v) is 3.68. The first-order valence-corrected chi connectivity index (χ1v) is 6.54. The molecule has 0 aliphatic heterocycles. The number of amides is 2. The summed E-state index contributed by atoms with van der Waals surface area (Å²) >= 11 is 4.57. The number of nitrogens with one attached hydrogen (secondary N) is 1. The number of thiophene rings is 1. The molecule has 17 heavy (non-hydrogen) atoms. The van der Waals surface area contributed by atoms with Crippen molar-refractivity contribution < 1.29 is 14.7 Å². The number of aliphatic hydroxyl groups excluding tert-OH is 1. The maximum absolute atomic E-state index is 11.6. The SMILES string of the molecule is CN(CCO)C(=O)CNC(=O)c1ccc(Br)s1. The van der Waals surface area contributed by atoms with E-state index in [1.807, 2.05) is 0 Å². The van der Waals surface area contributed by atoms with Gasteiger partial charge in [0.2, 0.25) is 5.91 Å². The predicted octanol–water partition coefficient (Wildman–Crippen LogP) is 0.691. The lowest BCUT2D eigenvalue weighted by Gasteiger charge is -2.15. The summed E-state index contributed by atoms with van der Waals surface area (Å²) in [4.78, 5) is 25.0. The van der Waals surface area contributed by atoms with Crippen molar-refractivity contribution in [1.82, 2.24) is 10.2 Å². The van der Waals surface area contributed by atoms with E-state index in [0.717, 1.165) is 3.79 Å². The molecule has 7 heteroatoms. The first-order valence-electron chi connectivity index (χ1n) is 4.93. The van der Waals surface area contributed by atoms with Gasteiger partial charge in [0, 0.05) is 13.6 Å². The fraction of sp³-hybridized carbons (Fsp3) is 0.400. The summed E-state index contributed by atoms with van der Waals surface area (Å²) in [5, 5.41) is 11.2. The molecule has 0 aliphatic carbocycles. The second-order valence-electron chi connectivity index (χ2n) is 3.33. The van der Waals surface area contributed by atoms with Crippen molar-refractivity contribution in [2.24, 2.45) is 0 Å². The summed E-state index contributed by atoms with van der Waals surface area (Å²) in [5.74, 6) is -0.505. The van der Waals surface area contributed by atoms with E-state index in [1.165, 1.54) is 16.2 Å². The van der Waals surface area contributed by atoms with Gasteiger partial charge in [-0.1, -0.05) is 0 Å². The molecule has 0 aromatic carbocycles. The second-order valence-corrected chi connectivity index (χ2v) is 5.79. The van der Waals surface area contributed by atoms with Crippen LogP contribution in [-0.2, 0) is 4.79 Å². The van der Waals surface area contributed by atoms with Crippen LogP contribution >= 0.6 is 27.3 Å². The normalized spacial score (nSPS) is 10.1. The minimum absolute atomic E-state index is 0.0646. The maximum Gasteiger partial charge on any atom is 0.261 e. The van der Waals surface area contributed by atoms with Gasteiger partial charge in [-0.25, -0.2) is 0 Å². The van der Waals surface area contributed by atoms with Crippen molar-refractivity contribution in [3.8, 4) is 0 Å². The summed E-state index contributed by atoms with van der Waals surface area (Å²) in [7, 11) is 1.58. The van der Waals surface area contributed by atoms with Gasteiger partial charge in [0.05, 0.1) is 21.8 Å². The van der Waals surface area contributed by atoms with Gasteiger partial charge in [-0.3, -0.25) is 9.59 Å². The molecular formula is C10H13BrN2O3S. The largest absolute Gasteiger partial charge is 0.395 e. The first-order chi connectivity index (χ1) is 8.04. The summed E-state index contributed by atoms with van der Waals surface area (Å²) < 4.78 is 0.867. The van der Waals surface area contributed by atoms with E-state index in [1.54, 1.807) is 19.2 Å². The van der Waals surface area contributed by atoms with Crippen molar-refractivity contribution in [1.29, 1.82) is 0 Å². The van der Waals surface area contributed by atoms with E-state index in [-0.39, 0.29) is 31.5 Å². The van der Waals surface area contributed by atoms with E-state index in [2.05, 4.69) is 21.2 Å². The van der Waals surface area contributed by atoms with Crippen LogP contribution < -0.4 is 5.32 Å². The summed E-state index contributed by atoms with van der Waals surface area (Å²) in [6.45, 7) is 0.109. The number of nitrogens with zero attached hydrogens (tertiary/aromatic N) is 1. The van der Waals surface area contributed by atoms with Crippen LogP contribution in [0.4, 0.5) is 0 Å². The number of carbonyl (C=O) groups excluding carboxylic acids is 2. The average molecular weight is 321 g/mol. The van der Waals surface area contributed by atoms with Crippen LogP contribution in [0.3, 0.4) is 0 Å². The van der Waals surface area contributed by atoms with Crippen LogP contribution in [-0.4, -0.2) is 48.6 Å². The Bertz CT molecular complexity index is 408. The van der Waals surface area contributed by atoms with Gasteiger partial charge in [0.25, 0.3) is 5.91 Å². The maximum atomic E-state index is 11.6. The summed E-state index contributed by atoms with van der Waals surface area (Å²) in [5.41, 5.74) is 0. The molecule has 0 saturated carbocycles. The van der Waals surface area contributed by atoms with Gasteiger partial charge in [0.1, 0.15) is 0 Å². The molecule has 0 radical (unpaired) electrons. The lowest BCUT2D eigenvalue weighted by Crippen LogP contribution is -2.39. The van der Waals surface area contributed by atoms with Crippen molar-refractivity contribution >= 4 is 39.1 Å². The smallest absolute Gasteiger partial charge is 0.261 e. The minimum Gasteiger partial charge on any atom is -0.395 e. The molecule has 0 unspecified atom stereocenters. The quantitative estimate of drug-likeness (QED) is 0.838. The number of halogens is 1. The number of rotatable bonds is 5. The molecule has 5 nitrogen and oxygen atoms in total. The molecule has 0 spiro atoms. The van der Waals surface area contributed by atoms with Crippen molar-refractivity contribution in [2.45, 2.75) is 0 Å². The molecular weight excluding hydrogens is 308 g/mol. The first kappa shape index (κ1) is 14.1. The van der Waals surface area contributed by atoms with Gasteiger partial charge in [-0.15, -0.1) is 11.3 Å². The predicted molar refractivity (Wildman–Crippen MR) is 69.1 cm³/mol. The van der Waals surface area contributed by atoms with E-state index < -0.39 is 0 Å². The lowest BCUT2D eigenvalue weighted by atomic mass is 10.4. The van der Waals surface area contributed by atoms with Crippen LogP contribution in [0.15, 0.2) is 15.9 Å². The molecule has 0 fully saturated rings. The standard InChI is InChI=1S/C10H13BrN2O3S/c1-13(4-5-14)9(15)6-12-10(16)7-2-3-8(11)17-7/h2-3,14H,4-6H2,1H3,(H,12,16). The number of carbonyl (C=O) groups is 2. The lowest BCUT2D eigenvalue weighted by molar-refractivity contribution is -0.129. The molecule has 0 aliphatic rings. The van der Waals surface area contributed by atoms with Crippen LogP contribution in [0.5, 0.6) is 0 Å². The molecule has 0 bridgehead atoms. The average Bonchev–Trinajstić information content (AvgIpc) is 2.72. The van der Waals surface area contributed by atoms with Gasteiger partial charge < -0.3 is 15.3 Å². The Hall–Kier alpha value is -0.920. The molecule has 2 N–H and O–H groups in total. The molecule has 1 aromatic rings. The van der Waals surface area contributed by atoms with Gasteiger partial charge >= 0.3 is 0 Å². The Labute approximate surface area is 112 Å². The zero-order valence-corrected chi connectivity index (χ0v) is 11.7. The molecule has 1 rings (SSSR count). The van der Waals surface area contributed by atoms with Crippen LogP contribution in [0.1, 0.15) is 9.67 Å². The molecule has 94 valence electrons. The summed E-state index contributed by atoms with van der Waals surface area (Å²) in [6.07, 6.45) is 0. The number of aliphatic hydroxyl groups is 1. The fourth-order valence-corrected chi connectivity index (χ4v) is 2.39. The highest BCUT2D eigenvalue weighted by Gasteiger charge is 2.12. The van der Waals surface area contributed by atoms with E-state index in [0.29, 0.717) is 4.88 Å². The molecule has 0 saturated heterocycles. The van der Waals surface area contributed by atoms with Gasteiger partial charge in [-0.05, 0) is 28.1 Å². The monoisotopic (exact) mass is 320 g/mol. The highest BCUT2D eigenvalue weighted by Crippen LogP contribution is 2.21. The molecule has 0 atom stereocenters. The van der Waals surface area contributed by atoms with Crippen molar-refractivity contribution in [2.75, 3.05) is 26.7 Å². The Kier molecular flexibility index (Phi) is 5.60. The minimum atomic E-state index is -0.272. The van der Waals surface area contributed by atoms with Crippen molar-refractivity contribution in [3.63, 3.8) is 0 Å². The Morgan fingerprint density at radius 2 is 2.24 bits per heavy atom. The number of hydrogen-bond donors (Lipinski definition) is 2. The van der Waals surface area contributed by atoms with Crippen LogP contribution in [0, 0.1) is 0 Å². The molecule has 1 aromatic heterocycles. The third-order valence-electron chi connectivity index (χ3n) is 2.06. The highest BCUT2D eigenvalue weighted by molar-refractivity contribution is 9.11. The summed E-state index contributed by atoms with van der Waals surface area (Å²) in [6, 6.07) is 3.46. The van der Waals surface area contributed by atoms with Gasteiger partial charge in [0.15, 0.2) is 0 Å². The van der Waals surface area contributed by atoms with Gasteiger partial charge in [-0.2, -0.15) is 0 Å². The molecule has 1 heterocycles. The second kappa shape index (κ2) is 6.73. The zero-order valence-electron chi connectivity index (χ0n) is 9.27. The highest BCUT2D eigenvalue weighted by atomic mass is 79.9. The Morgan fingerprint density at radius 1 is 1.53 bits per heavy atom. The zero-order chi connectivity index (χ0) is 12.8. The van der Waals surface area contributed by atoms with Crippen LogP contribution in [0.25, 0.3) is 0 Å². The van der Waals surface area contributed by atoms with E-state index in [4.69, 9.17) is 5.11 Å². The van der Waals surface area contributed by atoms with Crippen molar-refractivity contribution in [3.05, 3.63) is 20.8 Å². The molecule has 2 amide bonds. The topological polar surface area (TPSA) is 69.6 Å². The number of likely N-dealkylation sites (N-methyl/N-ethyl adjacent to an activating group) is 1. The van der Waals surface area contributed by atoms with Crippen LogP contribution in [0.2, 0.25) is 0 Å². The third kappa shape index (κ3) is 4.45. The Balaban J connectivity index is 2.41. The Morgan fingerprint density at radius 3 is 2.76 bits per heavy atom. The van der Waals surface area contributed by atoms with E-state index >= 15 is 0 Å².